The van der Waals surface area contributed by atoms with E-state index in [1.807, 2.05) is 0 Å². The summed E-state index contributed by atoms with van der Waals surface area (Å²) in [5.74, 6) is 1.03. The van der Waals surface area contributed by atoms with Crippen LogP contribution in [0.4, 0.5) is 0 Å². The number of ether oxygens (including phenoxy) is 1. The van der Waals surface area contributed by atoms with E-state index in [1.165, 1.54) is 0 Å². The van der Waals surface area contributed by atoms with E-state index in [-0.39, 0.29) is 31.0 Å². The van der Waals surface area contributed by atoms with Crippen LogP contribution in [0.1, 0.15) is 13.3 Å². The normalized spacial score (nSPS) is 21.7. The summed E-state index contributed by atoms with van der Waals surface area (Å²) in [6.45, 7) is 4.08. The summed E-state index contributed by atoms with van der Waals surface area (Å²) in [5, 5.41) is 6.98. The lowest BCUT2D eigenvalue weighted by atomic mass is 9.95. The molecule has 6 heteroatoms. The van der Waals surface area contributed by atoms with Gasteiger partial charge in [0.2, 0.25) is 0 Å². The number of carbonyl (C=O) groups is 1. The molecule has 0 bridgehead atoms. The lowest BCUT2D eigenvalue weighted by molar-refractivity contribution is -0.124. The Morgan fingerprint density at radius 1 is 1.45 bits per heavy atom. The Labute approximate surface area is 130 Å². The van der Waals surface area contributed by atoms with Gasteiger partial charge in [-0.2, -0.15) is 0 Å². The van der Waals surface area contributed by atoms with Crippen LogP contribution in [0.25, 0.3) is 0 Å². The largest absolute Gasteiger partial charge is 0.484 e. The molecule has 4 nitrogen and oxygen atoms in total. The molecular weight excluding hydrogens is 299 g/mol. The zero-order valence-electron chi connectivity index (χ0n) is 11.4. The minimum atomic E-state index is -0.0753. The molecule has 1 aromatic rings. The number of halogens is 2. The fraction of sp³-hybridized carbons (Fsp3) is 0.500. The zero-order valence-corrected chi connectivity index (χ0v) is 13.0. The van der Waals surface area contributed by atoms with Crippen LogP contribution in [0.2, 0.25) is 5.02 Å². The molecule has 1 fully saturated rings. The Morgan fingerprint density at radius 2 is 2.15 bits per heavy atom. The number of carbonyl (C=O) groups excluding carboxylic acids is 1. The first kappa shape index (κ1) is 17.1. The molecule has 0 spiro atoms. The first-order valence-corrected chi connectivity index (χ1v) is 6.91. The van der Waals surface area contributed by atoms with Crippen molar-refractivity contribution in [3.63, 3.8) is 0 Å². The van der Waals surface area contributed by atoms with E-state index in [2.05, 4.69) is 17.6 Å². The number of rotatable bonds is 4. The summed E-state index contributed by atoms with van der Waals surface area (Å²) in [6.07, 6.45) is 0.966. The molecule has 0 aliphatic carbocycles. The molecule has 20 heavy (non-hydrogen) atoms. The molecule has 0 radical (unpaired) electrons. The second kappa shape index (κ2) is 8.35. The van der Waals surface area contributed by atoms with Crippen LogP contribution < -0.4 is 15.4 Å². The average Bonchev–Trinajstić information content (AvgIpc) is 2.41. The highest BCUT2D eigenvalue weighted by atomic mass is 35.5. The van der Waals surface area contributed by atoms with E-state index in [9.17, 15) is 4.79 Å². The third-order valence-electron chi connectivity index (χ3n) is 3.32. The lowest BCUT2D eigenvalue weighted by Gasteiger charge is -2.30. The first-order chi connectivity index (χ1) is 9.15. The maximum absolute atomic E-state index is 11.8. The molecule has 1 amide bonds. The van der Waals surface area contributed by atoms with Crippen molar-refractivity contribution < 1.29 is 9.53 Å². The number of nitrogens with one attached hydrogen (secondary N) is 2. The van der Waals surface area contributed by atoms with Gasteiger partial charge in [0.15, 0.2) is 6.61 Å². The number of piperidine rings is 1. The van der Waals surface area contributed by atoms with E-state index in [0.29, 0.717) is 16.7 Å². The van der Waals surface area contributed by atoms with E-state index in [4.69, 9.17) is 16.3 Å². The van der Waals surface area contributed by atoms with Crippen LogP contribution >= 0.6 is 24.0 Å². The molecule has 112 valence electrons. The van der Waals surface area contributed by atoms with Crippen molar-refractivity contribution in [2.45, 2.75) is 19.4 Å². The van der Waals surface area contributed by atoms with Crippen molar-refractivity contribution in [1.29, 1.82) is 0 Å². The molecule has 2 N–H and O–H groups in total. The van der Waals surface area contributed by atoms with E-state index in [1.54, 1.807) is 24.3 Å². The molecular formula is C14H20Cl2N2O2. The zero-order chi connectivity index (χ0) is 13.7. The predicted molar refractivity (Wildman–Crippen MR) is 82.8 cm³/mol. The highest BCUT2D eigenvalue weighted by molar-refractivity contribution is 6.30. The van der Waals surface area contributed by atoms with Crippen molar-refractivity contribution in [2.24, 2.45) is 5.92 Å². The summed E-state index contributed by atoms with van der Waals surface area (Å²) in [7, 11) is 0. The molecule has 1 aliphatic heterocycles. The minimum absolute atomic E-state index is 0. The second-order valence-electron chi connectivity index (χ2n) is 4.89. The fourth-order valence-electron chi connectivity index (χ4n) is 2.16. The SMILES string of the molecule is CC1CNCCC1NC(=O)COc1ccc(Cl)cc1.Cl. The quantitative estimate of drug-likeness (QED) is 0.895. The van der Waals surface area contributed by atoms with Gasteiger partial charge in [0.1, 0.15) is 5.75 Å². The molecule has 2 atom stereocenters. The molecule has 0 saturated carbocycles. The van der Waals surface area contributed by atoms with Gasteiger partial charge in [-0.3, -0.25) is 4.79 Å². The Morgan fingerprint density at radius 3 is 2.80 bits per heavy atom. The highest BCUT2D eigenvalue weighted by Gasteiger charge is 2.22. The van der Waals surface area contributed by atoms with E-state index >= 15 is 0 Å². The Hall–Kier alpha value is -0.970. The number of hydrogen-bond acceptors (Lipinski definition) is 3. The maximum atomic E-state index is 11.8. The van der Waals surface area contributed by atoms with Crippen molar-refractivity contribution in [3.8, 4) is 5.75 Å². The first-order valence-electron chi connectivity index (χ1n) is 6.53. The van der Waals surface area contributed by atoms with Crippen molar-refractivity contribution >= 4 is 29.9 Å². The Balaban J connectivity index is 0.00000200. The highest BCUT2D eigenvalue weighted by Crippen LogP contribution is 2.15. The van der Waals surface area contributed by atoms with E-state index in [0.717, 1.165) is 19.5 Å². The summed E-state index contributed by atoms with van der Waals surface area (Å²) >= 11 is 5.78. The van der Waals surface area contributed by atoms with Gasteiger partial charge in [-0.15, -0.1) is 12.4 Å². The van der Waals surface area contributed by atoms with Gasteiger partial charge in [-0.25, -0.2) is 0 Å². The standard InChI is InChI=1S/C14H19ClN2O2.ClH/c1-10-8-16-7-6-13(10)17-14(18)9-19-12-4-2-11(15)3-5-12;/h2-5,10,13,16H,6-9H2,1H3,(H,17,18);1H. The van der Waals surface area contributed by atoms with Crippen LogP contribution in [0.5, 0.6) is 5.75 Å². The molecule has 1 heterocycles. The summed E-state index contributed by atoms with van der Waals surface area (Å²) in [4.78, 5) is 11.8. The number of hydrogen-bond donors (Lipinski definition) is 2. The molecule has 2 unspecified atom stereocenters. The monoisotopic (exact) mass is 318 g/mol. The van der Waals surface area contributed by atoms with Crippen molar-refractivity contribution in [1.82, 2.24) is 10.6 Å². The van der Waals surface area contributed by atoms with Crippen LogP contribution in [0, 0.1) is 5.92 Å². The van der Waals surface area contributed by atoms with Crippen LogP contribution in [-0.2, 0) is 4.79 Å². The van der Waals surface area contributed by atoms with Gasteiger partial charge in [0, 0.05) is 11.1 Å². The fourth-order valence-corrected chi connectivity index (χ4v) is 2.28. The van der Waals surface area contributed by atoms with Crippen LogP contribution in [-0.4, -0.2) is 31.6 Å². The van der Waals surface area contributed by atoms with E-state index < -0.39 is 0 Å². The van der Waals surface area contributed by atoms with Gasteiger partial charge in [0.25, 0.3) is 5.91 Å². The maximum Gasteiger partial charge on any atom is 0.258 e. The Kier molecular flexibility index (Phi) is 7.13. The third kappa shape index (κ3) is 5.19. The summed E-state index contributed by atoms with van der Waals surface area (Å²) in [5.41, 5.74) is 0. The Bertz CT molecular complexity index is 426. The van der Waals surface area contributed by atoms with Crippen molar-refractivity contribution in [2.75, 3.05) is 19.7 Å². The minimum Gasteiger partial charge on any atom is -0.484 e. The van der Waals surface area contributed by atoms with Gasteiger partial charge in [-0.1, -0.05) is 18.5 Å². The topological polar surface area (TPSA) is 50.4 Å². The van der Waals surface area contributed by atoms with Gasteiger partial charge in [0.05, 0.1) is 0 Å². The van der Waals surface area contributed by atoms with Gasteiger partial charge in [-0.05, 0) is 49.7 Å². The summed E-state index contributed by atoms with van der Waals surface area (Å²) in [6, 6.07) is 7.22. The molecule has 1 saturated heterocycles. The third-order valence-corrected chi connectivity index (χ3v) is 3.57. The van der Waals surface area contributed by atoms with Crippen LogP contribution in [0.15, 0.2) is 24.3 Å². The predicted octanol–water partition coefficient (Wildman–Crippen LogP) is 2.25. The number of amides is 1. The summed E-state index contributed by atoms with van der Waals surface area (Å²) < 4.78 is 5.41. The van der Waals surface area contributed by atoms with Gasteiger partial charge < -0.3 is 15.4 Å². The lowest BCUT2D eigenvalue weighted by Crippen LogP contribution is -2.49. The average molecular weight is 319 g/mol. The van der Waals surface area contributed by atoms with Crippen molar-refractivity contribution in [3.05, 3.63) is 29.3 Å². The van der Waals surface area contributed by atoms with Gasteiger partial charge >= 0.3 is 0 Å². The molecule has 1 aliphatic rings. The molecule has 1 aromatic carbocycles. The number of benzene rings is 1. The van der Waals surface area contributed by atoms with Crippen LogP contribution in [0.3, 0.4) is 0 Å². The molecule has 2 rings (SSSR count). The smallest absolute Gasteiger partial charge is 0.258 e. The molecule has 0 aromatic heterocycles. The second-order valence-corrected chi connectivity index (χ2v) is 5.32.